The second-order valence-electron chi connectivity index (χ2n) is 7.09. The van der Waals surface area contributed by atoms with Crippen LogP contribution in [0.1, 0.15) is 26.4 Å². The number of carbonyl (C=O) groups excluding carboxylic acids is 1. The van der Waals surface area contributed by atoms with Gasteiger partial charge < -0.3 is 10.1 Å². The van der Waals surface area contributed by atoms with Crippen molar-refractivity contribution in [1.82, 2.24) is 14.3 Å². The number of fused-ring (bicyclic) bond motifs is 1. The Labute approximate surface area is 182 Å². The highest BCUT2D eigenvalue weighted by molar-refractivity contribution is 7.19. The summed E-state index contributed by atoms with van der Waals surface area (Å²) in [5.41, 5.74) is 1.41. The van der Waals surface area contributed by atoms with Crippen LogP contribution in [-0.2, 0) is 13.1 Å². The van der Waals surface area contributed by atoms with Gasteiger partial charge in [0.05, 0.1) is 13.7 Å². The van der Waals surface area contributed by atoms with E-state index in [2.05, 4.69) is 5.32 Å². The van der Waals surface area contributed by atoms with E-state index in [0.717, 1.165) is 28.2 Å². The van der Waals surface area contributed by atoms with Gasteiger partial charge in [0, 0.05) is 18.3 Å². The van der Waals surface area contributed by atoms with Gasteiger partial charge in [-0.15, -0.1) is 11.3 Å². The van der Waals surface area contributed by atoms with Gasteiger partial charge in [-0.3, -0.25) is 18.6 Å². The number of nitrogens with one attached hydrogen (secondary N) is 1. The fourth-order valence-corrected chi connectivity index (χ4v) is 4.29. The van der Waals surface area contributed by atoms with Crippen molar-refractivity contribution in [3.05, 3.63) is 103 Å². The molecule has 0 saturated carbocycles. The van der Waals surface area contributed by atoms with Crippen LogP contribution in [0.15, 0.2) is 70.4 Å². The highest BCUT2D eigenvalue weighted by Gasteiger charge is 2.17. The van der Waals surface area contributed by atoms with Gasteiger partial charge in [-0.2, -0.15) is 0 Å². The molecular formula is C23H21N3O4S. The lowest BCUT2D eigenvalue weighted by Crippen LogP contribution is -2.38. The molecule has 4 aromatic rings. The van der Waals surface area contributed by atoms with E-state index in [0.29, 0.717) is 21.8 Å². The molecule has 0 bridgehead atoms. The minimum atomic E-state index is -0.458. The highest BCUT2D eigenvalue weighted by atomic mass is 32.1. The number of methoxy groups -OCH3 is 1. The van der Waals surface area contributed by atoms with Crippen LogP contribution in [-0.4, -0.2) is 22.0 Å². The van der Waals surface area contributed by atoms with E-state index in [1.54, 1.807) is 14.0 Å². The predicted octanol–water partition coefficient (Wildman–Crippen LogP) is 2.82. The van der Waals surface area contributed by atoms with E-state index in [1.165, 1.54) is 15.2 Å². The summed E-state index contributed by atoms with van der Waals surface area (Å²) in [4.78, 5) is 39.3. The molecule has 0 atom stereocenters. The van der Waals surface area contributed by atoms with Crippen LogP contribution in [0.25, 0.3) is 4.83 Å². The summed E-state index contributed by atoms with van der Waals surface area (Å²) >= 11 is 1.13. The molecule has 7 nitrogen and oxygen atoms in total. The summed E-state index contributed by atoms with van der Waals surface area (Å²) in [6.45, 7) is 2.19. The molecule has 0 fully saturated rings. The summed E-state index contributed by atoms with van der Waals surface area (Å²) in [5.74, 6) is 0.442. The van der Waals surface area contributed by atoms with Gasteiger partial charge >= 0.3 is 5.69 Å². The Morgan fingerprint density at radius 3 is 2.42 bits per heavy atom. The Balaban J connectivity index is 1.61. The van der Waals surface area contributed by atoms with Crippen LogP contribution in [0.5, 0.6) is 5.75 Å². The van der Waals surface area contributed by atoms with Crippen LogP contribution in [0.2, 0.25) is 0 Å². The van der Waals surface area contributed by atoms with Gasteiger partial charge in [0.2, 0.25) is 0 Å². The summed E-state index contributed by atoms with van der Waals surface area (Å²) in [6, 6.07) is 16.7. The number of ether oxygens (including phenoxy) is 1. The van der Waals surface area contributed by atoms with Gasteiger partial charge in [0.25, 0.3) is 11.5 Å². The molecule has 4 rings (SSSR count). The highest BCUT2D eigenvalue weighted by Crippen LogP contribution is 2.18. The molecule has 0 unspecified atom stereocenters. The zero-order valence-electron chi connectivity index (χ0n) is 17.1. The number of benzene rings is 2. The second-order valence-corrected chi connectivity index (χ2v) is 8.12. The van der Waals surface area contributed by atoms with Crippen LogP contribution < -0.4 is 21.3 Å². The van der Waals surface area contributed by atoms with E-state index in [1.807, 2.05) is 54.6 Å². The number of nitrogens with zero attached hydrogens (tertiary/aromatic N) is 2. The maximum Gasteiger partial charge on any atom is 0.336 e. The van der Waals surface area contributed by atoms with E-state index in [-0.39, 0.29) is 18.0 Å². The van der Waals surface area contributed by atoms with Gasteiger partial charge in [-0.1, -0.05) is 42.5 Å². The number of thiazole rings is 1. The molecule has 0 radical (unpaired) electrons. The van der Waals surface area contributed by atoms with Crippen molar-refractivity contribution in [1.29, 1.82) is 0 Å². The van der Waals surface area contributed by atoms with Gasteiger partial charge in [-0.05, 0) is 30.2 Å². The quantitative estimate of drug-likeness (QED) is 0.505. The smallest absolute Gasteiger partial charge is 0.336 e. The summed E-state index contributed by atoms with van der Waals surface area (Å²) < 4.78 is 7.71. The first-order chi connectivity index (χ1) is 15.0. The Morgan fingerprint density at radius 1 is 1.03 bits per heavy atom. The first kappa shape index (κ1) is 20.6. The lowest BCUT2D eigenvalue weighted by Gasteiger charge is -2.07. The molecule has 0 saturated heterocycles. The SMILES string of the molecule is COc1ccc(CNC(=O)c2cn3c(=O)n(Cc4ccccc4)c(=O)c(C)c3s2)cc1. The molecule has 0 spiro atoms. The average molecular weight is 436 g/mol. The molecule has 2 heterocycles. The van der Waals surface area contributed by atoms with Gasteiger partial charge in [0.1, 0.15) is 15.5 Å². The minimum absolute atomic E-state index is 0.178. The number of amides is 1. The first-order valence-corrected chi connectivity index (χ1v) is 10.5. The Morgan fingerprint density at radius 2 is 1.74 bits per heavy atom. The largest absolute Gasteiger partial charge is 0.497 e. The molecule has 1 N–H and O–H groups in total. The monoisotopic (exact) mass is 435 g/mol. The lowest BCUT2D eigenvalue weighted by molar-refractivity contribution is 0.0954. The standard InChI is InChI=1S/C23H21N3O4S/c1-15-21(28)25(13-17-6-4-3-5-7-17)23(29)26-14-19(31-22(15)26)20(27)24-12-16-8-10-18(30-2)11-9-16/h3-11,14H,12-13H2,1-2H3,(H,24,27). The fourth-order valence-electron chi connectivity index (χ4n) is 3.29. The maximum atomic E-state index is 13.0. The molecule has 0 aliphatic heterocycles. The van der Waals surface area contributed by atoms with Crippen molar-refractivity contribution in [2.75, 3.05) is 7.11 Å². The number of hydrogen-bond donors (Lipinski definition) is 1. The van der Waals surface area contributed by atoms with Crippen LogP contribution in [0, 0.1) is 6.92 Å². The molecule has 8 heteroatoms. The molecular weight excluding hydrogens is 414 g/mol. The van der Waals surface area contributed by atoms with Crippen LogP contribution >= 0.6 is 11.3 Å². The normalized spacial score (nSPS) is 10.9. The van der Waals surface area contributed by atoms with Crippen molar-refractivity contribution >= 4 is 22.1 Å². The van der Waals surface area contributed by atoms with Crippen molar-refractivity contribution < 1.29 is 9.53 Å². The number of rotatable bonds is 6. The second kappa shape index (κ2) is 8.61. The number of aromatic nitrogens is 2. The molecule has 31 heavy (non-hydrogen) atoms. The predicted molar refractivity (Wildman–Crippen MR) is 120 cm³/mol. The van der Waals surface area contributed by atoms with E-state index in [4.69, 9.17) is 4.74 Å². The molecule has 158 valence electrons. The topological polar surface area (TPSA) is 81.8 Å². The van der Waals surface area contributed by atoms with Crippen molar-refractivity contribution in [2.45, 2.75) is 20.0 Å². The first-order valence-electron chi connectivity index (χ1n) is 9.68. The zero-order valence-corrected chi connectivity index (χ0v) is 17.9. The van der Waals surface area contributed by atoms with Crippen molar-refractivity contribution in [3.8, 4) is 5.75 Å². The van der Waals surface area contributed by atoms with E-state index in [9.17, 15) is 14.4 Å². The molecule has 2 aromatic heterocycles. The molecule has 0 aliphatic carbocycles. The molecule has 0 aliphatic rings. The average Bonchev–Trinajstić information content (AvgIpc) is 3.26. The summed E-state index contributed by atoms with van der Waals surface area (Å²) in [5, 5.41) is 2.85. The van der Waals surface area contributed by atoms with Crippen molar-refractivity contribution in [3.63, 3.8) is 0 Å². The Bertz CT molecular complexity index is 1350. The number of hydrogen-bond acceptors (Lipinski definition) is 5. The zero-order chi connectivity index (χ0) is 22.0. The Hall–Kier alpha value is -3.65. The fraction of sp³-hybridized carbons (Fsp3) is 0.174. The summed E-state index contributed by atoms with van der Waals surface area (Å²) in [7, 11) is 1.60. The Kier molecular flexibility index (Phi) is 5.73. The number of aryl methyl sites for hydroxylation is 1. The van der Waals surface area contributed by atoms with Crippen molar-refractivity contribution in [2.24, 2.45) is 0 Å². The minimum Gasteiger partial charge on any atom is -0.497 e. The van der Waals surface area contributed by atoms with Gasteiger partial charge in [0.15, 0.2) is 0 Å². The number of carbonyl (C=O) groups is 1. The van der Waals surface area contributed by atoms with E-state index >= 15 is 0 Å². The maximum absolute atomic E-state index is 13.0. The summed E-state index contributed by atoms with van der Waals surface area (Å²) in [6.07, 6.45) is 1.50. The molecule has 2 aromatic carbocycles. The lowest BCUT2D eigenvalue weighted by atomic mass is 10.2. The third-order valence-electron chi connectivity index (χ3n) is 5.01. The van der Waals surface area contributed by atoms with Gasteiger partial charge in [-0.25, -0.2) is 4.79 Å². The van der Waals surface area contributed by atoms with Crippen LogP contribution in [0.4, 0.5) is 0 Å². The third-order valence-corrected chi connectivity index (χ3v) is 6.22. The molecule has 1 amide bonds. The van der Waals surface area contributed by atoms with Crippen LogP contribution in [0.3, 0.4) is 0 Å². The van der Waals surface area contributed by atoms with E-state index < -0.39 is 5.69 Å². The third kappa shape index (κ3) is 4.15.